The van der Waals surface area contributed by atoms with Gasteiger partial charge in [0.15, 0.2) is 0 Å². The van der Waals surface area contributed by atoms with Crippen LogP contribution in [0.25, 0.3) is 6.08 Å². The van der Waals surface area contributed by atoms with E-state index >= 15 is 0 Å². The van der Waals surface area contributed by atoms with Crippen LogP contribution in [0.1, 0.15) is 12.0 Å². The average Bonchev–Trinajstić information content (AvgIpc) is 3.46. The fourth-order valence-corrected chi connectivity index (χ4v) is 6.62. The Labute approximate surface area is 183 Å². The lowest BCUT2D eigenvalue weighted by atomic mass is 9.85. The second-order valence-corrected chi connectivity index (χ2v) is 10.6. The van der Waals surface area contributed by atoms with Crippen LogP contribution in [-0.4, -0.2) is 73.6 Å². The van der Waals surface area contributed by atoms with Crippen molar-refractivity contribution in [1.29, 1.82) is 0 Å². The number of amides is 2. The van der Waals surface area contributed by atoms with Crippen molar-refractivity contribution in [2.75, 3.05) is 39.3 Å². The van der Waals surface area contributed by atoms with E-state index in [2.05, 4.69) is 17.1 Å². The van der Waals surface area contributed by atoms with Crippen LogP contribution in [0, 0.1) is 23.7 Å². The molecule has 2 amide bonds. The van der Waals surface area contributed by atoms with Crippen molar-refractivity contribution in [2.24, 2.45) is 23.7 Å². The van der Waals surface area contributed by atoms with E-state index in [4.69, 9.17) is 0 Å². The summed E-state index contributed by atoms with van der Waals surface area (Å²) in [7, 11) is -3.47. The van der Waals surface area contributed by atoms with Crippen molar-refractivity contribution < 1.29 is 18.0 Å². The van der Waals surface area contributed by atoms with Crippen LogP contribution in [0.2, 0.25) is 0 Å². The Morgan fingerprint density at radius 2 is 1.48 bits per heavy atom. The minimum atomic E-state index is -3.47. The maximum atomic E-state index is 12.8. The van der Waals surface area contributed by atoms with Crippen LogP contribution in [0.5, 0.6) is 0 Å². The summed E-state index contributed by atoms with van der Waals surface area (Å²) in [4.78, 5) is 29.2. The van der Waals surface area contributed by atoms with E-state index in [0.717, 1.165) is 12.0 Å². The van der Waals surface area contributed by atoms with Crippen LogP contribution in [0.15, 0.2) is 47.9 Å². The molecular formula is C23H27N3O4S. The van der Waals surface area contributed by atoms with Gasteiger partial charge in [-0.25, -0.2) is 8.42 Å². The zero-order chi connectivity index (χ0) is 21.6. The van der Waals surface area contributed by atoms with Crippen molar-refractivity contribution in [3.63, 3.8) is 0 Å². The van der Waals surface area contributed by atoms with Crippen LogP contribution in [0.4, 0.5) is 0 Å². The molecule has 2 aliphatic carbocycles. The lowest BCUT2D eigenvalue weighted by Crippen LogP contribution is -2.50. The Balaban J connectivity index is 1.13. The number of imide groups is 1. The van der Waals surface area contributed by atoms with Gasteiger partial charge in [-0.1, -0.05) is 42.5 Å². The highest BCUT2D eigenvalue weighted by Gasteiger charge is 2.59. The third-order valence-corrected chi connectivity index (χ3v) is 8.69. The number of carbonyl (C=O) groups excluding carboxylic acids is 2. The second-order valence-electron chi connectivity index (χ2n) is 8.83. The summed E-state index contributed by atoms with van der Waals surface area (Å²) in [5.74, 6) is 0.128. The molecule has 31 heavy (non-hydrogen) atoms. The van der Waals surface area contributed by atoms with E-state index in [1.165, 1.54) is 14.6 Å². The summed E-state index contributed by atoms with van der Waals surface area (Å²) in [6, 6.07) is 9.35. The fraction of sp³-hybridized carbons (Fsp3) is 0.478. The predicted molar refractivity (Wildman–Crippen MR) is 117 cm³/mol. The molecule has 3 fully saturated rings. The Morgan fingerprint density at radius 3 is 2.10 bits per heavy atom. The third kappa shape index (κ3) is 3.77. The van der Waals surface area contributed by atoms with Gasteiger partial charge < -0.3 is 0 Å². The highest BCUT2D eigenvalue weighted by molar-refractivity contribution is 7.92. The smallest absolute Gasteiger partial charge is 0.236 e. The maximum absolute atomic E-state index is 12.8. The third-order valence-electron chi connectivity index (χ3n) is 7.12. The number of sulfonamides is 1. The molecular weight excluding hydrogens is 414 g/mol. The van der Waals surface area contributed by atoms with Gasteiger partial charge in [0.05, 0.1) is 11.8 Å². The summed E-state index contributed by atoms with van der Waals surface area (Å²) in [6.45, 7) is 2.98. The Kier molecular flexibility index (Phi) is 5.32. The van der Waals surface area contributed by atoms with E-state index in [0.29, 0.717) is 39.3 Å². The van der Waals surface area contributed by atoms with E-state index in [-0.39, 0.29) is 35.5 Å². The van der Waals surface area contributed by atoms with Crippen molar-refractivity contribution in [3.8, 4) is 0 Å². The summed E-state index contributed by atoms with van der Waals surface area (Å²) in [6.07, 6.45) is 6.76. The number of allylic oxidation sites excluding steroid dienone is 2. The highest BCUT2D eigenvalue weighted by Crippen LogP contribution is 2.52. The number of carbonyl (C=O) groups is 2. The number of fused-ring (bicyclic) bond motifs is 5. The zero-order valence-corrected chi connectivity index (χ0v) is 18.2. The number of piperazine rings is 1. The van der Waals surface area contributed by atoms with Crippen molar-refractivity contribution in [2.45, 2.75) is 6.42 Å². The highest BCUT2D eigenvalue weighted by atomic mass is 32.2. The van der Waals surface area contributed by atoms with Gasteiger partial charge in [0, 0.05) is 44.7 Å². The number of hydrogen-bond donors (Lipinski definition) is 0. The van der Waals surface area contributed by atoms with Gasteiger partial charge in [-0.3, -0.25) is 19.4 Å². The quantitative estimate of drug-likeness (QED) is 0.493. The first-order valence-corrected chi connectivity index (χ1v) is 12.4. The topological polar surface area (TPSA) is 78.0 Å². The molecule has 5 rings (SSSR count). The van der Waals surface area contributed by atoms with E-state index in [1.54, 1.807) is 6.08 Å². The molecule has 2 heterocycles. The van der Waals surface area contributed by atoms with Gasteiger partial charge in [0.25, 0.3) is 0 Å². The number of benzene rings is 1. The SMILES string of the molecule is O=C1[C@@H]2[C@@H](C(=O)N1CCN1CCN(S(=O)(=O)/C=C\c3ccccc3)CC1)[C@H]1C=C[C@H]2C1. The molecule has 0 spiro atoms. The van der Waals surface area contributed by atoms with E-state index in [9.17, 15) is 18.0 Å². The fourth-order valence-electron chi connectivity index (χ4n) is 5.45. The standard InChI is InChI=1S/C23H27N3O4S/c27-22-20-18-6-7-19(16-18)21(20)23(28)26(22)14-11-24-9-12-25(13-10-24)31(29,30)15-8-17-4-2-1-3-5-17/h1-8,15,18-21H,9-14,16H2/b15-8-/t18-,19-,20-,21-/m0/s1. The van der Waals surface area contributed by atoms with Gasteiger partial charge in [-0.15, -0.1) is 0 Å². The average molecular weight is 442 g/mol. The largest absolute Gasteiger partial charge is 0.299 e. The molecule has 4 aliphatic rings. The molecule has 164 valence electrons. The van der Waals surface area contributed by atoms with Gasteiger partial charge in [-0.05, 0) is 29.9 Å². The zero-order valence-electron chi connectivity index (χ0n) is 17.3. The Bertz CT molecular complexity index is 998. The predicted octanol–water partition coefficient (Wildman–Crippen LogP) is 1.41. The minimum absolute atomic E-state index is 0.0147. The normalized spacial score (nSPS) is 31.3. The van der Waals surface area contributed by atoms with E-state index in [1.807, 2.05) is 30.3 Å². The van der Waals surface area contributed by atoms with Crippen molar-refractivity contribution in [3.05, 3.63) is 53.5 Å². The summed E-state index contributed by atoms with van der Waals surface area (Å²) >= 11 is 0. The number of hydrogen-bond acceptors (Lipinski definition) is 5. The molecule has 0 unspecified atom stereocenters. The van der Waals surface area contributed by atoms with Crippen molar-refractivity contribution >= 4 is 27.9 Å². The van der Waals surface area contributed by atoms with Gasteiger partial charge in [0.1, 0.15) is 0 Å². The number of nitrogens with zero attached hydrogens (tertiary/aromatic N) is 3. The molecule has 2 aliphatic heterocycles. The Morgan fingerprint density at radius 1 is 0.871 bits per heavy atom. The van der Waals surface area contributed by atoms with Crippen LogP contribution in [-0.2, 0) is 19.6 Å². The van der Waals surface area contributed by atoms with Crippen LogP contribution >= 0.6 is 0 Å². The van der Waals surface area contributed by atoms with Gasteiger partial charge >= 0.3 is 0 Å². The second kappa shape index (κ2) is 8.00. The lowest BCUT2D eigenvalue weighted by molar-refractivity contribution is -0.140. The molecule has 1 saturated carbocycles. The van der Waals surface area contributed by atoms with Crippen LogP contribution < -0.4 is 0 Å². The Hall–Kier alpha value is -2.29. The monoisotopic (exact) mass is 441 g/mol. The molecule has 0 N–H and O–H groups in total. The molecule has 0 radical (unpaired) electrons. The summed E-state index contributed by atoms with van der Waals surface area (Å²) < 4.78 is 26.7. The molecule has 8 heteroatoms. The van der Waals surface area contributed by atoms with E-state index < -0.39 is 10.0 Å². The van der Waals surface area contributed by atoms with Gasteiger partial charge in [-0.2, -0.15) is 4.31 Å². The first-order valence-electron chi connectivity index (χ1n) is 10.9. The molecule has 1 aromatic rings. The summed E-state index contributed by atoms with van der Waals surface area (Å²) in [5.41, 5.74) is 0.845. The lowest BCUT2D eigenvalue weighted by Gasteiger charge is -2.34. The van der Waals surface area contributed by atoms with Crippen molar-refractivity contribution in [1.82, 2.24) is 14.1 Å². The van der Waals surface area contributed by atoms with Gasteiger partial charge in [0.2, 0.25) is 21.8 Å². The molecule has 1 aromatic carbocycles. The number of likely N-dealkylation sites (tertiary alicyclic amines) is 1. The number of rotatable bonds is 6. The minimum Gasteiger partial charge on any atom is -0.299 e. The molecule has 2 saturated heterocycles. The first-order chi connectivity index (χ1) is 14.9. The van der Waals surface area contributed by atoms with Crippen LogP contribution in [0.3, 0.4) is 0 Å². The molecule has 0 aromatic heterocycles. The molecule has 2 bridgehead atoms. The maximum Gasteiger partial charge on any atom is 0.236 e. The first kappa shape index (κ1) is 20.6. The summed E-state index contributed by atoms with van der Waals surface area (Å²) in [5, 5.41) is 1.26. The molecule has 4 atom stereocenters. The molecule has 7 nitrogen and oxygen atoms in total.